The number of nitrogens with zero attached hydrogens (tertiary/aromatic N) is 2. The van der Waals surface area contributed by atoms with Crippen LogP contribution in [0.3, 0.4) is 0 Å². The van der Waals surface area contributed by atoms with Crippen LogP contribution in [-0.4, -0.2) is 0 Å². The van der Waals surface area contributed by atoms with E-state index in [0.717, 1.165) is 16.7 Å². The Bertz CT molecular complexity index is 1090. The fourth-order valence-electron chi connectivity index (χ4n) is 2.53. The molecule has 136 valence electrons. The van der Waals surface area contributed by atoms with Crippen molar-refractivity contribution in [3.05, 3.63) is 99.0 Å². The highest BCUT2D eigenvalue weighted by molar-refractivity contribution is 6.35. The molecule has 0 amide bonds. The first-order valence-corrected chi connectivity index (χ1v) is 9.14. The molecule has 0 N–H and O–H groups in total. The molecular formula is C23H14Cl2N2O. The van der Waals surface area contributed by atoms with Crippen LogP contribution in [-0.2, 0) is 6.61 Å². The molecule has 3 aromatic carbocycles. The number of rotatable bonds is 5. The molecule has 5 heteroatoms. The number of nitriles is 2. The Labute approximate surface area is 173 Å². The van der Waals surface area contributed by atoms with Crippen molar-refractivity contribution in [2.24, 2.45) is 0 Å². The van der Waals surface area contributed by atoms with E-state index in [2.05, 4.69) is 12.1 Å². The highest BCUT2D eigenvalue weighted by Gasteiger charge is 2.04. The molecule has 0 aromatic heterocycles. The zero-order valence-corrected chi connectivity index (χ0v) is 16.2. The number of benzene rings is 3. The van der Waals surface area contributed by atoms with Gasteiger partial charge in [-0.3, -0.25) is 0 Å². The Morgan fingerprint density at radius 2 is 1.64 bits per heavy atom. The Morgan fingerprint density at radius 1 is 0.929 bits per heavy atom. The lowest BCUT2D eigenvalue weighted by Gasteiger charge is -2.08. The first kappa shape index (κ1) is 19.5. The fraction of sp³-hybridized carbons (Fsp3) is 0.0435. The third-order valence-corrected chi connectivity index (χ3v) is 4.63. The lowest BCUT2D eigenvalue weighted by molar-refractivity contribution is 0.306. The van der Waals surface area contributed by atoms with E-state index >= 15 is 0 Å². The van der Waals surface area contributed by atoms with Crippen molar-refractivity contribution >= 4 is 34.9 Å². The van der Waals surface area contributed by atoms with E-state index in [4.69, 9.17) is 33.2 Å². The summed E-state index contributed by atoms with van der Waals surface area (Å²) in [7, 11) is 0. The molecule has 3 aromatic rings. The van der Waals surface area contributed by atoms with Gasteiger partial charge in [-0.2, -0.15) is 10.5 Å². The lowest BCUT2D eigenvalue weighted by atomic mass is 10.0. The molecule has 0 heterocycles. The summed E-state index contributed by atoms with van der Waals surface area (Å²) in [6.07, 6.45) is 1.79. The zero-order chi connectivity index (χ0) is 19.9. The van der Waals surface area contributed by atoms with Gasteiger partial charge in [0.2, 0.25) is 0 Å². The van der Waals surface area contributed by atoms with Gasteiger partial charge in [-0.15, -0.1) is 0 Å². The SMILES string of the molecule is N#C/C(=C/c1ccc(OCc2ccc(Cl)cc2Cl)cc1)c1ccc(C#N)cc1. The van der Waals surface area contributed by atoms with Crippen molar-refractivity contribution in [3.8, 4) is 17.9 Å². The first-order chi connectivity index (χ1) is 13.6. The van der Waals surface area contributed by atoms with Gasteiger partial charge in [0.05, 0.1) is 23.3 Å². The van der Waals surface area contributed by atoms with Crippen molar-refractivity contribution in [2.75, 3.05) is 0 Å². The second-order valence-corrected chi connectivity index (χ2v) is 6.80. The van der Waals surface area contributed by atoms with Crippen LogP contribution < -0.4 is 4.74 Å². The topological polar surface area (TPSA) is 56.8 Å². The van der Waals surface area contributed by atoms with Crippen LogP contribution in [0.1, 0.15) is 22.3 Å². The van der Waals surface area contributed by atoms with Crippen LogP contribution in [0.2, 0.25) is 10.0 Å². The molecule has 0 aliphatic carbocycles. The molecule has 0 saturated carbocycles. The van der Waals surface area contributed by atoms with Gasteiger partial charge in [0.15, 0.2) is 0 Å². The van der Waals surface area contributed by atoms with Crippen molar-refractivity contribution in [3.63, 3.8) is 0 Å². The minimum atomic E-state index is 0.333. The molecule has 28 heavy (non-hydrogen) atoms. The highest BCUT2D eigenvalue weighted by Crippen LogP contribution is 2.24. The molecule has 0 atom stereocenters. The number of hydrogen-bond acceptors (Lipinski definition) is 3. The summed E-state index contributed by atoms with van der Waals surface area (Å²) in [6.45, 7) is 0.333. The largest absolute Gasteiger partial charge is 0.489 e. The third-order valence-electron chi connectivity index (χ3n) is 4.05. The van der Waals surface area contributed by atoms with E-state index in [1.54, 1.807) is 42.5 Å². The van der Waals surface area contributed by atoms with Crippen molar-refractivity contribution < 1.29 is 4.74 Å². The van der Waals surface area contributed by atoms with E-state index in [9.17, 15) is 5.26 Å². The molecule has 0 saturated heterocycles. The van der Waals surface area contributed by atoms with Gasteiger partial charge in [0.25, 0.3) is 0 Å². The van der Waals surface area contributed by atoms with Crippen LogP contribution in [0.5, 0.6) is 5.75 Å². The summed E-state index contributed by atoms with van der Waals surface area (Å²) in [5.41, 5.74) is 3.56. The average molecular weight is 405 g/mol. The van der Waals surface area contributed by atoms with Crippen molar-refractivity contribution in [1.82, 2.24) is 0 Å². The highest BCUT2D eigenvalue weighted by atomic mass is 35.5. The van der Waals surface area contributed by atoms with Crippen LogP contribution >= 0.6 is 23.2 Å². The summed E-state index contributed by atoms with van der Waals surface area (Å²) < 4.78 is 5.77. The molecule has 0 fully saturated rings. The fourth-order valence-corrected chi connectivity index (χ4v) is 2.99. The maximum Gasteiger partial charge on any atom is 0.119 e. The van der Waals surface area contributed by atoms with E-state index in [0.29, 0.717) is 33.5 Å². The van der Waals surface area contributed by atoms with E-state index in [1.807, 2.05) is 30.3 Å². The monoisotopic (exact) mass is 404 g/mol. The molecule has 0 spiro atoms. The van der Waals surface area contributed by atoms with Gasteiger partial charge in [-0.1, -0.05) is 53.5 Å². The Hall–Kier alpha value is -3.24. The van der Waals surface area contributed by atoms with Gasteiger partial charge in [0, 0.05) is 15.6 Å². The summed E-state index contributed by atoms with van der Waals surface area (Å²) in [5.74, 6) is 0.694. The maximum absolute atomic E-state index is 9.45. The van der Waals surface area contributed by atoms with Gasteiger partial charge >= 0.3 is 0 Å². The van der Waals surface area contributed by atoms with E-state index in [1.165, 1.54) is 0 Å². The van der Waals surface area contributed by atoms with Gasteiger partial charge in [-0.25, -0.2) is 0 Å². The third kappa shape index (κ3) is 4.93. The van der Waals surface area contributed by atoms with E-state index in [-0.39, 0.29) is 0 Å². The minimum absolute atomic E-state index is 0.333. The quantitative estimate of drug-likeness (QED) is 0.359. The summed E-state index contributed by atoms with van der Waals surface area (Å²) >= 11 is 12.0. The Morgan fingerprint density at radius 3 is 2.25 bits per heavy atom. The molecule has 0 bridgehead atoms. The number of hydrogen-bond donors (Lipinski definition) is 0. The Balaban J connectivity index is 1.71. The molecule has 3 nitrogen and oxygen atoms in total. The number of ether oxygens (including phenoxy) is 1. The maximum atomic E-state index is 9.45. The second-order valence-electron chi connectivity index (χ2n) is 5.95. The van der Waals surface area contributed by atoms with Crippen LogP contribution in [0, 0.1) is 22.7 Å². The van der Waals surface area contributed by atoms with Crippen molar-refractivity contribution in [1.29, 1.82) is 10.5 Å². The minimum Gasteiger partial charge on any atom is -0.489 e. The van der Waals surface area contributed by atoms with Crippen LogP contribution in [0.15, 0.2) is 66.7 Å². The van der Waals surface area contributed by atoms with Crippen LogP contribution in [0.4, 0.5) is 0 Å². The lowest BCUT2D eigenvalue weighted by Crippen LogP contribution is -1.96. The summed E-state index contributed by atoms with van der Waals surface area (Å²) in [6, 6.07) is 23.9. The number of halogens is 2. The summed E-state index contributed by atoms with van der Waals surface area (Å²) in [4.78, 5) is 0. The van der Waals surface area contributed by atoms with Gasteiger partial charge in [-0.05, 0) is 53.6 Å². The van der Waals surface area contributed by atoms with Crippen LogP contribution in [0.25, 0.3) is 11.6 Å². The average Bonchev–Trinajstić information content (AvgIpc) is 2.72. The normalized spacial score (nSPS) is 10.8. The standard InChI is InChI=1S/C23H14Cl2N2O/c24-21-8-7-19(23(25)12-21)15-28-22-9-3-16(4-10-22)11-20(14-27)18-5-1-17(13-26)2-6-18/h1-12H,15H2/b20-11-. The zero-order valence-electron chi connectivity index (χ0n) is 14.7. The molecule has 0 aliphatic rings. The summed E-state index contributed by atoms with van der Waals surface area (Å²) in [5, 5.41) is 19.5. The van der Waals surface area contributed by atoms with E-state index < -0.39 is 0 Å². The first-order valence-electron chi connectivity index (χ1n) is 8.38. The van der Waals surface area contributed by atoms with Gasteiger partial charge < -0.3 is 4.74 Å². The predicted octanol–water partition coefficient (Wildman–Crippen LogP) is 6.51. The second kappa shape index (κ2) is 9.11. The van der Waals surface area contributed by atoms with Crippen molar-refractivity contribution in [2.45, 2.75) is 6.61 Å². The molecular weight excluding hydrogens is 391 g/mol. The molecule has 0 aliphatic heterocycles. The molecule has 0 unspecified atom stereocenters. The van der Waals surface area contributed by atoms with Gasteiger partial charge in [0.1, 0.15) is 12.4 Å². The molecule has 3 rings (SSSR count). The smallest absolute Gasteiger partial charge is 0.119 e. The predicted molar refractivity (Wildman–Crippen MR) is 112 cm³/mol. The molecule has 0 radical (unpaired) electrons. The Kier molecular flexibility index (Phi) is 6.35. The number of allylic oxidation sites excluding steroid dienone is 1.